The first-order chi connectivity index (χ1) is 13.6. The summed E-state index contributed by atoms with van der Waals surface area (Å²) in [5.74, 6) is 4.13. The predicted molar refractivity (Wildman–Crippen MR) is 107 cm³/mol. The summed E-state index contributed by atoms with van der Waals surface area (Å²) >= 11 is 0. The minimum atomic E-state index is 0.0771. The highest BCUT2D eigenvalue weighted by Gasteiger charge is 2.32. The van der Waals surface area contributed by atoms with Crippen LogP contribution in [0, 0.1) is 0 Å². The van der Waals surface area contributed by atoms with Crippen molar-refractivity contribution in [3.8, 4) is 34.5 Å². The normalized spacial score (nSPS) is 15.4. The van der Waals surface area contributed by atoms with Crippen molar-refractivity contribution in [3.63, 3.8) is 0 Å². The lowest BCUT2D eigenvalue weighted by molar-refractivity contribution is 0.318. The van der Waals surface area contributed by atoms with Crippen molar-refractivity contribution in [2.75, 3.05) is 42.7 Å². The van der Waals surface area contributed by atoms with Crippen molar-refractivity contribution in [2.24, 2.45) is 0 Å². The SMILES string of the molecule is COc1cc(OC)c(C2CCCc3cc(OC)c(OC)c(OC)c32)cc1OC. The number of methoxy groups -OCH3 is 6. The molecular formula is C22H28O6. The molecule has 28 heavy (non-hydrogen) atoms. The first kappa shape index (κ1) is 20.0. The third-order valence-electron chi connectivity index (χ3n) is 5.35. The van der Waals surface area contributed by atoms with Gasteiger partial charge >= 0.3 is 0 Å². The van der Waals surface area contributed by atoms with Crippen molar-refractivity contribution in [1.82, 2.24) is 0 Å². The van der Waals surface area contributed by atoms with E-state index < -0.39 is 0 Å². The zero-order valence-corrected chi connectivity index (χ0v) is 17.4. The second-order valence-electron chi connectivity index (χ2n) is 6.61. The molecule has 0 fully saturated rings. The molecule has 0 bridgehead atoms. The molecule has 2 aromatic carbocycles. The molecule has 1 atom stereocenters. The molecule has 0 amide bonds. The third kappa shape index (κ3) is 3.28. The summed E-state index contributed by atoms with van der Waals surface area (Å²) in [6.45, 7) is 0. The molecule has 2 aromatic rings. The number of hydrogen-bond acceptors (Lipinski definition) is 6. The number of rotatable bonds is 7. The third-order valence-corrected chi connectivity index (χ3v) is 5.35. The standard InChI is InChI=1S/C22H28O6/c1-23-16-12-18(25-3)17(24-2)11-15(16)14-9-7-8-13-10-19(26-4)21(27-5)22(28-6)20(13)14/h10-12,14H,7-9H2,1-6H3. The van der Waals surface area contributed by atoms with E-state index in [0.717, 1.165) is 36.1 Å². The Morgan fingerprint density at radius 2 is 1.25 bits per heavy atom. The maximum absolute atomic E-state index is 5.80. The van der Waals surface area contributed by atoms with E-state index in [4.69, 9.17) is 28.4 Å². The minimum absolute atomic E-state index is 0.0771. The quantitative estimate of drug-likeness (QED) is 0.708. The van der Waals surface area contributed by atoms with Crippen LogP contribution in [0.15, 0.2) is 18.2 Å². The van der Waals surface area contributed by atoms with Crippen LogP contribution < -0.4 is 28.4 Å². The number of hydrogen-bond donors (Lipinski definition) is 0. The second kappa shape index (κ2) is 8.50. The highest BCUT2D eigenvalue weighted by atomic mass is 16.5. The lowest BCUT2D eigenvalue weighted by Crippen LogP contribution is -2.15. The molecular weight excluding hydrogens is 360 g/mol. The summed E-state index contributed by atoms with van der Waals surface area (Å²) in [4.78, 5) is 0. The van der Waals surface area contributed by atoms with Gasteiger partial charge in [0, 0.05) is 23.1 Å². The molecule has 0 saturated carbocycles. The van der Waals surface area contributed by atoms with Crippen LogP contribution in [0.5, 0.6) is 34.5 Å². The monoisotopic (exact) mass is 388 g/mol. The average Bonchev–Trinajstić information content (AvgIpc) is 2.75. The highest BCUT2D eigenvalue weighted by Crippen LogP contribution is 2.52. The first-order valence-corrected chi connectivity index (χ1v) is 9.25. The van der Waals surface area contributed by atoms with Crippen molar-refractivity contribution in [3.05, 3.63) is 34.9 Å². The van der Waals surface area contributed by atoms with E-state index >= 15 is 0 Å². The van der Waals surface area contributed by atoms with Gasteiger partial charge < -0.3 is 28.4 Å². The largest absolute Gasteiger partial charge is 0.496 e. The molecule has 0 spiro atoms. The van der Waals surface area contributed by atoms with Gasteiger partial charge in [-0.05, 0) is 37.0 Å². The van der Waals surface area contributed by atoms with Gasteiger partial charge in [-0.2, -0.15) is 0 Å². The average molecular weight is 388 g/mol. The molecule has 0 aliphatic heterocycles. The molecule has 6 heteroatoms. The van der Waals surface area contributed by atoms with Crippen molar-refractivity contribution < 1.29 is 28.4 Å². The first-order valence-electron chi connectivity index (χ1n) is 9.25. The summed E-state index contributed by atoms with van der Waals surface area (Å²) in [6, 6.07) is 5.92. The van der Waals surface area contributed by atoms with Gasteiger partial charge in [0.2, 0.25) is 5.75 Å². The van der Waals surface area contributed by atoms with Crippen LogP contribution >= 0.6 is 0 Å². The molecule has 1 aliphatic rings. The van der Waals surface area contributed by atoms with Gasteiger partial charge in [-0.25, -0.2) is 0 Å². The lowest BCUT2D eigenvalue weighted by Gasteiger charge is -2.30. The van der Waals surface area contributed by atoms with Gasteiger partial charge in [0.05, 0.1) is 42.7 Å². The smallest absolute Gasteiger partial charge is 0.203 e. The van der Waals surface area contributed by atoms with E-state index in [9.17, 15) is 0 Å². The molecule has 0 heterocycles. The Hall–Kier alpha value is -2.76. The van der Waals surface area contributed by atoms with E-state index in [1.54, 1.807) is 42.7 Å². The van der Waals surface area contributed by atoms with E-state index in [1.165, 1.54) is 5.56 Å². The van der Waals surface area contributed by atoms with Crippen LogP contribution in [0.3, 0.4) is 0 Å². The van der Waals surface area contributed by atoms with Crippen molar-refractivity contribution in [1.29, 1.82) is 0 Å². The summed E-state index contributed by atoms with van der Waals surface area (Å²) in [6.07, 6.45) is 2.97. The minimum Gasteiger partial charge on any atom is -0.496 e. The summed E-state index contributed by atoms with van der Waals surface area (Å²) < 4.78 is 33.6. The zero-order valence-electron chi connectivity index (χ0n) is 17.4. The van der Waals surface area contributed by atoms with Gasteiger partial charge in [-0.3, -0.25) is 0 Å². The van der Waals surface area contributed by atoms with Crippen LogP contribution in [-0.2, 0) is 6.42 Å². The Kier molecular flexibility index (Phi) is 6.07. The summed E-state index contributed by atoms with van der Waals surface area (Å²) in [7, 11) is 9.85. The fraction of sp³-hybridized carbons (Fsp3) is 0.455. The predicted octanol–water partition coefficient (Wildman–Crippen LogP) is 4.21. The van der Waals surface area contributed by atoms with E-state index in [-0.39, 0.29) is 5.92 Å². The zero-order chi connectivity index (χ0) is 20.3. The van der Waals surface area contributed by atoms with Gasteiger partial charge in [-0.1, -0.05) is 0 Å². The molecule has 0 N–H and O–H groups in total. The molecule has 3 rings (SSSR count). The van der Waals surface area contributed by atoms with Gasteiger partial charge in [-0.15, -0.1) is 0 Å². The molecule has 1 aliphatic carbocycles. The number of ether oxygens (including phenoxy) is 6. The summed E-state index contributed by atoms with van der Waals surface area (Å²) in [5.41, 5.74) is 3.34. The Morgan fingerprint density at radius 1 is 0.643 bits per heavy atom. The van der Waals surface area contributed by atoms with Crippen molar-refractivity contribution >= 4 is 0 Å². The fourth-order valence-corrected chi connectivity index (χ4v) is 4.10. The Balaban J connectivity index is 2.25. The Morgan fingerprint density at radius 3 is 1.82 bits per heavy atom. The Labute approximate surface area is 166 Å². The van der Waals surface area contributed by atoms with Crippen LogP contribution in [0.1, 0.15) is 35.4 Å². The van der Waals surface area contributed by atoms with Crippen LogP contribution in [0.4, 0.5) is 0 Å². The van der Waals surface area contributed by atoms with E-state index in [2.05, 4.69) is 6.07 Å². The van der Waals surface area contributed by atoms with Gasteiger partial charge in [0.15, 0.2) is 23.0 Å². The number of aryl methyl sites for hydroxylation is 1. The topological polar surface area (TPSA) is 55.4 Å². The van der Waals surface area contributed by atoms with Gasteiger partial charge in [0.25, 0.3) is 0 Å². The van der Waals surface area contributed by atoms with E-state index in [0.29, 0.717) is 28.7 Å². The number of benzene rings is 2. The van der Waals surface area contributed by atoms with Crippen LogP contribution in [0.2, 0.25) is 0 Å². The lowest BCUT2D eigenvalue weighted by atomic mass is 9.77. The molecule has 6 nitrogen and oxygen atoms in total. The second-order valence-corrected chi connectivity index (χ2v) is 6.61. The van der Waals surface area contributed by atoms with Crippen LogP contribution in [0.25, 0.3) is 0 Å². The molecule has 0 aromatic heterocycles. The molecule has 152 valence electrons. The maximum atomic E-state index is 5.80. The Bertz CT molecular complexity index is 846. The van der Waals surface area contributed by atoms with Gasteiger partial charge in [0.1, 0.15) is 5.75 Å². The molecule has 1 unspecified atom stereocenters. The maximum Gasteiger partial charge on any atom is 0.203 e. The highest BCUT2D eigenvalue weighted by molar-refractivity contribution is 5.64. The van der Waals surface area contributed by atoms with Crippen molar-refractivity contribution in [2.45, 2.75) is 25.2 Å². The van der Waals surface area contributed by atoms with Crippen LogP contribution in [-0.4, -0.2) is 42.7 Å². The molecule has 0 radical (unpaired) electrons. The molecule has 0 saturated heterocycles. The number of fused-ring (bicyclic) bond motifs is 1. The summed E-state index contributed by atoms with van der Waals surface area (Å²) in [5, 5.41) is 0. The van der Waals surface area contributed by atoms with E-state index in [1.807, 2.05) is 12.1 Å². The fourth-order valence-electron chi connectivity index (χ4n) is 4.10.